The Morgan fingerprint density at radius 1 is 1.10 bits per heavy atom. The van der Waals surface area contributed by atoms with Gasteiger partial charge in [0.05, 0.1) is 24.3 Å². The van der Waals surface area contributed by atoms with Gasteiger partial charge in [-0.2, -0.15) is 0 Å². The Balaban J connectivity index is 1.99. The molecule has 30 heavy (non-hydrogen) atoms. The van der Waals surface area contributed by atoms with Gasteiger partial charge in [0.15, 0.2) is 11.9 Å². The van der Waals surface area contributed by atoms with E-state index < -0.39 is 23.8 Å². The SMILES string of the molecule is CCOC(=O)c1c(C)[nH]c(C(=O)[C@@H](C)OC(=O)CCC(=O)c2cc(C)sc2C)c1C. The second kappa shape index (κ2) is 9.84. The summed E-state index contributed by atoms with van der Waals surface area (Å²) in [7, 11) is 0. The Kier molecular flexibility index (Phi) is 7.72. The fourth-order valence-electron chi connectivity index (χ4n) is 3.28. The second-order valence-electron chi connectivity index (χ2n) is 7.09. The molecule has 0 saturated carbocycles. The first-order valence-corrected chi connectivity index (χ1v) is 10.6. The number of hydrogen-bond acceptors (Lipinski definition) is 7. The lowest BCUT2D eigenvalue weighted by Gasteiger charge is -2.12. The summed E-state index contributed by atoms with van der Waals surface area (Å²) in [5, 5.41) is 0. The van der Waals surface area contributed by atoms with Gasteiger partial charge in [0.2, 0.25) is 5.78 Å². The lowest BCUT2D eigenvalue weighted by molar-refractivity contribution is -0.146. The predicted molar refractivity (Wildman–Crippen MR) is 113 cm³/mol. The average Bonchev–Trinajstić information content (AvgIpc) is 3.16. The highest BCUT2D eigenvalue weighted by molar-refractivity contribution is 7.12. The van der Waals surface area contributed by atoms with Crippen molar-refractivity contribution >= 4 is 34.8 Å². The highest BCUT2D eigenvalue weighted by Gasteiger charge is 2.27. The lowest BCUT2D eigenvalue weighted by Crippen LogP contribution is -2.25. The topological polar surface area (TPSA) is 103 Å². The van der Waals surface area contributed by atoms with Crippen molar-refractivity contribution in [2.45, 2.75) is 60.5 Å². The van der Waals surface area contributed by atoms with Gasteiger partial charge in [0, 0.05) is 27.4 Å². The van der Waals surface area contributed by atoms with Crippen LogP contribution in [-0.2, 0) is 14.3 Å². The molecule has 2 heterocycles. The van der Waals surface area contributed by atoms with Crippen molar-refractivity contribution in [3.8, 4) is 0 Å². The quantitative estimate of drug-likeness (QED) is 0.468. The summed E-state index contributed by atoms with van der Waals surface area (Å²) in [4.78, 5) is 54.1. The summed E-state index contributed by atoms with van der Waals surface area (Å²) in [5.41, 5.74) is 2.11. The lowest BCUT2D eigenvalue weighted by atomic mass is 10.1. The van der Waals surface area contributed by atoms with Gasteiger partial charge in [-0.3, -0.25) is 14.4 Å². The van der Waals surface area contributed by atoms with Gasteiger partial charge < -0.3 is 14.5 Å². The van der Waals surface area contributed by atoms with E-state index in [0.29, 0.717) is 22.4 Å². The summed E-state index contributed by atoms with van der Waals surface area (Å²) in [6.07, 6.45) is -1.14. The van der Waals surface area contributed by atoms with Gasteiger partial charge in [-0.05, 0) is 53.2 Å². The van der Waals surface area contributed by atoms with Crippen LogP contribution < -0.4 is 0 Å². The minimum absolute atomic E-state index is 0.0183. The molecule has 0 bridgehead atoms. The standard InChI is InChI=1S/C22H27NO6S/c1-7-28-22(27)19-12(3)20(23-13(19)4)21(26)14(5)29-18(25)9-8-17(24)16-10-11(2)30-15(16)6/h10,14,23H,7-9H2,1-6H3/t14-/m1/s1. The van der Waals surface area contributed by atoms with E-state index in [0.717, 1.165) is 9.75 Å². The maximum absolute atomic E-state index is 12.7. The van der Waals surface area contributed by atoms with Crippen molar-refractivity contribution in [2.24, 2.45) is 0 Å². The predicted octanol–water partition coefficient (Wildman–Crippen LogP) is 4.26. The van der Waals surface area contributed by atoms with E-state index in [-0.39, 0.29) is 30.9 Å². The Hall–Kier alpha value is -2.74. The van der Waals surface area contributed by atoms with E-state index in [1.165, 1.54) is 18.3 Å². The molecule has 8 heteroatoms. The van der Waals surface area contributed by atoms with Crippen molar-refractivity contribution < 1.29 is 28.7 Å². The molecule has 0 aromatic carbocycles. The van der Waals surface area contributed by atoms with Crippen molar-refractivity contribution in [1.82, 2.24) is 4.98 Å². The van der Waals surface area contributed by atoms with Gasteiger partial charge in [-0.15, -0.1) is 11.3 Å². The van der Waals surface area contributed by atoms with Crippen LogP contribution in [0.4, 0.5) is 0 Å². The zero-order valence-corrected chi connectivity index (χ0v) is 19.0. The first-order chi connectivity index (χ1) is 14.1. The Morgan fingerprint density at radius 2 is 1.77 bits per heavy atom. The average molecular weight is 434 g/mol. The fourth-order valence-corrected chi connectivity index (χ4v) is 4.22. The molecule has 2 aromatic heterocycles. The summed E-state index contributed by atoms with van der Waals surface area (Å²) < 4.78 is 10.2. The first kappa shape index (κ1) is 23.5. The third-order valence-corrected chi connectivity index (χ3v) is 5.70. The molecule has 1 N–H and O–H groups in total. The molecule has 0 aliphatic carbocycles. The number of nitrogens with one attached hydrogen (secondary N) is 1. The van der Waals surface area contributed by atoms with Crippen LogP contribution >= 0.6 is 11.3 Å². The van der Waals surface area contributed by atoms with Crippen LogP contribution in [0, 0.1) is 27.7 Å². The molecular weight excluding hydrogens is 406 g/mol. The molecule has 0 aliphatic heterocycles. The van der Waals surface area contributed by atoms with Crippen molar-refractivity contribution in [2.75, 3.05) is 6.61 Å². The van der Waals surface area contributed by atoms with Gasteiger partial charge in [-0.25, -0.2) is 4.79 Å². The maximum atomic E-state index is 12.7. The number of ether oxygens (including phenoxy) is 2. The number of rotatable bonds is 9. The fraction of sp³-hybridized carbons (Fsp3) is 0.455. The minimum Gasteiger partial charge on any atom is -0.462 e. The number of Topliss-reactive ketones (excluding diaryl/α,β-unsaturated/α-hetero) is 2. The van der Waals surface area contributed by atoms with E-state index in [9.17, 15) is 19.2 Å². The molecule has 0 fully saturated rings. The molecule has 0 unspecified atom stereocenters. The molecule has 1 atom stereocenters. The molecule has 7 nitrogen and oxygen atoms in total. The third-order valence-electron chi connectivity index (χ3n) is 4.74. The zero-order valence-electron chi connectivity index (χ0n) is 18.1. The number of carbonyl (C=O) groups excluding carboxylic acids is 4. The third kappa shape index (κ3) is 5.24. The van der Waals surface area contributed by atoms with E-state index in [1.807, 2.05) is 19.9 Å². The summed E-state index contributed by atoms with van der Waals surface area (Å²) in [5.74, 6) is -1.71. The summed E-state index contributed by atoms with van der Waals surface area (Å²) in [6.45, 7) is 10.5. The van der Waals surface area contributed by atoms with Crippen LogP contribution in [0.3, 0.4) is 0 Å². The first-order valence-electron chi connectivity index (χ1n) is 9.76. The number of esters is 2. The number of ketones is 2. The second-order valence-corrected chi connectivity index (χ2v) is 8.55. The highest BCUT2D eigenvalue weighted by atomic mass is 32.1. The van der Waals surface area contributed by atoms with E-state index in [2.05, 4.69) is 4.98 Å². The Labute approximate surface area is 179 Å². The van der Waals surface area contributed by atoms with Crippen LogP contribution in [-0.4, -0.2) is 41.2 Å². The van der Waals surface area contributed by atoms with Gasteiger partial charge in [-0.1, -0.05) is 0 Å². The number of carbonyl (C=O) groups is 4. The van der Waals surface area contributed by atoms with Gasteiger partial charge in [0.25, 0.3) is 0 Å². The molecule has 0 amide bonds. The van der Waals surface area contributed by atoms with E-state index >= 15 is 0 Å². The number of aromatic amines is 1. The van der Waals surface area contributed by atoms with E-state index in [1.54, 1.807) is 20.8 Å². The molecular formula is C22H27NO6S. The number of hydrogen-bond donors (Lipinski definition) is 1. The van der Waals surface area contributed by atoms with Gasteiger partial charge >= 0.3 is 11.9 Å². The number of aromatic nitrogens is 1. The van der Waals surface area contributed by atoms with Crippen LogP contribution in [0.15, 0.2) is 6.07 Å². The van der Waals surface area contributed by atoms with E-state index in [4.69, 9.17) is 9.47 Å². The zero-order chi connectivity index (χ0) is 22.6. The normalized spacial score (nSPS) is 11.8. The molecule has 0 radical (unpaired) electrons. The smallest absolute Gasteiger partial charge is 0.340 e. The number of H-pyrrole nitrogens is 1. The molecule has 0 spiro atoms. The number of aryl methyl sites for hydroxylation is 3. The van der Waals surface area contributed by atoms with Crippen molar-refractivity contribution in [1.29, 1.82) is 0 Å². The Bertz CT molecular complexity index is 984. The number of thiophene rings is 1. The van der Waals surface area contributed by atoms with Crippen LogP contribution in [0.1, 0.15) is 78.9 Å². The monoisotopic (exact) mass is 433 g/mol. The van der Waals surface area contributed by atoms with Crippen molar-refractivity contribution in [3.05, 3.63) is 43.9 Å². The maximum Gasteiger partial charge on any atom is 0.340 e. The van der Waals surface area contributed by atoms with Crippen LogP contribution in [0.2, 0.25) is 0 Å². The van der Waals surface area contributed by atoms with Gasteiger partial charge in [0.1, 0.15) is 0 Å². The highest BCUT2D eigenvalue weighted by Crippen LogP contribution is 2.23. The van der Waals surface area contributed by atoms with Crippen LogP contribution in [0.25, 0.3) is 0 Å². The minimum atomic E-state index is -1.05. The van der Waals surface area contributed by atoms with Crippen molar-refractivity contribution in [3.63, 3.8) is 0 Å². The van der Waals surface area contributed by atoms with Crippen LogP contribution in [0.5, 0.6) is 0 Å². The molecule has 0 aliphatic rings. The molecule has 162 valence electrons. The molecule has 0 saturated heterocycles. The molecule has 2 rings (SSSR count). The largest absolute Gasteiger partial charge is 0.462 e. The Morgan fingerprint density at radius 3 is 2.33 bits per heavy atom. The summed E-state index contributed by atoms with van der Waals surface area (Å²) in [6, 6.07) is 1.82. The summed E-state index contributed by atoms with van der Waals surface area (Å²) >= 11 is 1.54. The molecule has 2 aromatic rings.